The quantitative estimate of drug-likeness (QED) is 0.575. The van der Waals surface area contributed by atoms with Gasteiger partial charge in [0.25, 0.3) is 10.0 Å². The number of amides is 1. The van der Waals surface area contributed by atoms with Crippen LogP contribution in [-0.4, -0.2) is 39.4 Å². The van der Waals surface area contributed by atoms with Crippen molar-refractivity contribution < 1.29 is 13.2 Å². The highest BCUT2D eigenvalue weighted by molar-refractivity contribution is 7.92. The highest BCUT2D eigenvalue weighted by Gasteiger charge is 2.28. The molecule has 0 saturated carbocycles. The van der Waals surface area contributed by atoms with Gasteiger partial charge in [0.2, 0.25) is 5.91 Å². The lowest BCUT2D eigenvalue weighted by molar-refractivity contribution is -0.117. The van der Waals surface area contributed by atoms with E-state index in [9.17, 15) is 13.2 Å². The first-order valence-corrected chi connectivity index (χ1v) is 12.5. The maximum Gasteiger partial charge on any atom is 0.264 e. The molecular formula is C23H25N3O3S2. The van der Waals surface area contributed by atoms with Gasteiger partial charge >= 0.3 is 0 Å². The molecule has 1 aromatic heterocycles. The van der Waals surface area contributed by atoms with Crippen LogP contribution in [0.1, 0.15) is 23.8 Å². The fraction of sp³-hybridized carbons (Fsp3) is 0.261. The average Bonchev–Trinajstić information content (AvgIpc) is 3.45. The van der Waals surface area contributed by atoms with Crippen molar-refractivity contribution in [3.8, 4) is 0 Å². The normalized spacial score (nSPS) is 16.9. The van der Waals surface area contributed by atoms with Crippen LogP contribution in [0.3, 0.4) is 0 Å². The van der Waals surface area contributed by atoms with Crippen LogP contribution >= 0.6 is 11.3 Å². The van der Waals surface area contributed by atoms with Crippen LogP contribution in [0.25, 0.3) is 0 Å². The summed E-state index contributed by atoms with van der Waals surface area (Å²) in [7, 11) is -2.22. The Morgan fingerprint density at radius 3 is 2.68 bits per heavy atom. The molecule has 1 saturated heterocycles. The SMILES string of the molecule is CN(c1ccccc1)S(=O)(=O)c1cccc(NC(=O)CN2CCC[C@H]2c2cccs2)c1. The number of sulfonamides is 1. The number of likely N-dealkylation sites (tertiary alicyclic amines) is 1. The summed E-state index contributed by atoms with van der Waals surface area (Å²) in [6.07, 6.45) is 2.11. The van der Waals surface area contributed by atoms with E-state index in [0.29, 0.717) is 11.4 Å². The molecule has 1 aliphatic heterocycles. The van der Waals surface area contributed by atoms with Gasteiger partial charge in [-0.15, -0.1) is 11.3 Å². The van der Waals surface area contributed by atoms with Crippen molar-refractivity contribution in [2.75, 3.05) is 29.8 Å². The topological polar surface area (TPSA) is 69.7 Å². The van der Waals surface area contributed by atoms with E-state index in [2.05, 4.69) is 21.7 Å². The van der Waals surface area contributed by atoms with Crippen molar-refractivity contribution in [3.63, 3.8) is 0 Å². The summed E-state index contributed by atoms with van der Waals surface area (Å²) in [5.74, 6) is -0.144. The second kappa shape index (κ2) is 9.21. The van der Waals surface area contributed by atoms with E-state index in [0.717, 1.165) is 19.4 Å². The van der Waals surface area contributed by atoms with Crippen molar-refractivity contribution in [2.24, 2.45) is 0 Å². The number of hydrogen-bond acceptors (Lipinski definition) is 5. The largest absolute Gasteiger partial charge is 0.325 e. The molecule has 8 heteroatoms. The molecule has 1 aliphatic rings. The molecule has 1 atom stereocenters. The molecule has 0 radical (unpaired) electrons. The number of thiophene rings is 1. The lowest BCUT2D eigenvalue weighted by Gasteiger charge is -2.23. The third-order valence-electron chi connectivity index (χ3n) is 5.48. The van der Waals surface area contributed by atoms with Crippen molar-refractivity contribution in [1.82, 2.24) is 4.90 Å². The van der Waals surface area contributed by atoms with Crippen LogP contribution in [0.4, 0.5) is 11.4 Å². The number of nitrogens with zero attached hydrogens (tertiary/aromatic N) is 2. The molecular weight excluding hydrogens is 430 g/mol. The third-order valence-corrected chi connectivity index (χ3v) is 8.23. The number of hydrogen-bond donors (Lipinski definition) is 1. The molecule has 31 heavy (non-hydrogen) atoms. The highest BCUT2D eigenvalue weighted by atomic mass is 32.2. The molecule has 162 valence electrons. The minimum atomic E-state index is -3.74. The molecule has 0 aliphatic carbocycles. The van der Waals surface area contributed by atoms with Crippen molar-refractivity contribution >= 4 is 38.6 Å². The summed E-state index contributed by atoms with van der Waals surface area (Å²) in [6.45, 7) is 1.16. The summed E-state index contributed by atoms with van der Waals surface area (Å²) >= 11 is 1.72. The maximum atomic E-state index is 13.0. The molecule has 0 spiro atoms. The molecule has 2 aromatic carbocycles. The molecule has 1 fully saturated rings. The Kier molecular flexibility index (Phi) is 6.41. The van der Waals surface area contributed by atoms with Gasteiger partial charge in [0.05, 0.1) is 17.1 Å². The van der Waals surface area contributed by atoms with Crippen LogP contribution in [0.2, 0.25) is 0 Å². The minimum Gasteiger partial charge on any atom is -0.325 e. The van der Waals surface area contributed by atoms with E-state index in [-0.39, 0.29) is 23.4 Å². The molecule has 3 aromatic rings. The Morgan fingerprint density at radius 1 is 1.13 bits per heavy atom. The zero-order valence-corrected chi connectivity index (χ0v) is 18.9. The standard InChI is InChI=1S/C23H25N3O3S2/c1-25(19-9-3-2-4-10-19)31(28,29)20-11-5-8-18(16-20)24-23(27)17-26-14-6-12-21(26)22-13-7-15-30-22/h2-5,7-11,13,15-16,21H,6,12,14,17H2,1H3,(H,24,27)/t21-/m0/s1. The van der Waals surface area contributed by atoms with Gasteiger partial charge in [0.15, 0.2) is 0 Å². The molecule has 1 amide bonds. The van der Waals surface area contributed by atoms with E-state index in [1.165, 1.54) is 28.4 Å². The van der Waals surface area contributed by atoms with Crippen molar-refractivity contribution in [2.45, 2.75) is 23.8 Å². The van der Waals surface area contributed by atoms with Crippen LogP contribution in [0.15, 0.2) is 77.0 Å². The molecule has 4 rings (SSSR count). The van der Waals surface area contributed by atoms with Crippen molar-refractivity contribution in [1.29, 1.82) is 0 Å². The fourth-order valence-corrected chi connectivity index (χ4v) is 6.01. The van der Waals surface area contributed by atoms with E-state index >= 15 is 0 Å². The Balaban J connectivity index is 1.45. The lowest BCUT2D eigenvalue weighted by atomic mass is 10.2. The smallest absolute Gasteiger partial charge is 0.264 e. The average molecular weight is 456 g/mol. The Bertz CT molecular complexity index is 1130. The number of anilines is 2. The summed E-state index contributed by atoms with van der Waals surface area (Å²) in [6, 6.07) is 19.7. The number of benzene rings is 2. The number of nitrogens with one attached hydrogen (secondary N) is 1. The van der Waals surface area contributed by atoms with Gasteiger partial charge in [0, 0.05) is 23.7 Å². The van der Waals surface area contributed by atoms with Gasteiger partial charge in [-0.2, -0.15) is 0 Å². The van der Waals surface area contributed by atoms with E-state index in [1.54, 1.807) is 47.7 Å². The minimum absolute atomic E-state index is 0.134. The van der Waals surface area contributed by atoms with Crippen LogP contribution in [0, 0.1) is 0 Å². The Morgan fingerprint density at radius 2 is 1.94 bits per heavy atom. The number of rotatable bonds is 7. The maximum absolute atomic E-state index is 13.0. The first-order chi connectivity index (χ1) is 14.9. The second-order valence-corrected chi connectivity index (χ2v) is 10.5. The molecule has 0 bridgehead atoms. The summed E-state index contributed by atoms with van der Waals surface area (Å²) in [5, 5.41) is 4.93. The summed E-state index contributed by atoms with van der Waals surface area (Å²) in [4.78, 5) is 16.3. The van der Waals surface area contributed by atoms with E-state index in [1.807, 2.05) is 12.1 Å². The van der Waals surface area contributed by atoms with Crippen molar-refractivity contribution in [3.05, 3.63) is 77.0 Å². The first kappa shape index (κ1) is 21.5. The number of carbonyl (C=O) groups excluding carboxylic acids is 1. The Hall–Kier alpha value is -2.68. The number of para-hydroxylation sites is 1. The van der Waals surface area contributed by atoms with Gasteiger partial charge in [-0.3, -0.25) is 14.0 Å². The fourth-order valence-electron chi connectivity index (χ4n) is 3.87. The van der Waals surface area contributed by atoms with Gasteiger partial charge in [-0.05, 0) is 61.2 Å². The number of carbonyl (C=O) groups is 1. The van der Waals surface area contributed by atoms with E-state index < -0.39 is 10.0 Å². The summed E-state index contributed by atoms with van der Waals surface area (Å²) < 4.78 is 27.3. The predicted octanol–water partition coefficient (Wildman–Crippen LogP) is 4.35. The van der Waals surface area contributed by atoms with E-state index in [4.69, 9.17) is 0 Å². The predicted molar refractivity (Wildman–Crippen MR) is 125 cm³/mol. The third kappa shape index (κ3) is 4.81. The molecule has 2 heterocycles. The monoisotopic (exact) mass is 455 g/mol. The van der Waals surface area contributed by atoms with Crippen LogP contribution < -0.4 is 9.62 Å². The highest BCUT2D eigenvalue weighted by Crippen LogP contribution is 2.34. The zero-order chi connectivity index (χ0) is 21.8. The van der Waals surface area contributed by atoms with Crippen LogP contribution in [0.5, 0.6) is 0 Å². The van der Waals surface area contributed by atoms with Crippen LogP contribution in [-0.2, 0) is 14.8 Å². The Labute approximate surface area is 187 Å². The van der Waals surface area contributed by atoms with Gasteiger partial charge in [0.1, 0.15) is 0 Å². The van der Waals surface area contributed by atoms with Gasteiger partial charge < -0.3 is 5.32 Å². The molecule has 1 N–H and O–H groups in total. The van der Waals surface area contributed by atoms with Gasteiger partial charge in [-0.25, -0.2) is 8.42 Å². The lowest BCUT2D eigenvalue weighted by Crippen LogP contribution is -2.32. The molecule has 0 unspecified atom stereocenters. The molecule has 6 nitrogen and oxygen atoms in total. The summed E-state index contributed by atoms with van der Waals surface area (Å²) in [5.41, 5.74) is 1.05. The zero-order valence-electron chi connectivity index (χ0n) is 17.3. The first-order valence-electron chi connectivity index (χ1n) is 10.2. The second-order valence-electron chi connectivity index (χ2n) is 7.53. The van der Waals surface area contributed by atoms with Gasteiger partial charge in [-0.1, -0.05) is 30.3 Å².